The number of amides is 1. The Kier molecular flexibility index (Phi) is 6.84. The van der Waals surface area contributed by atoms with Crippen LogP contribution in [-0.4, -0.2) is 27.2 Å². The van der Waals surface area contributed by atoms with Crippen molar-refractivity contribution in [3.8, 4) is 5.75 Å². The van der Waals surface area contributed by atoms with Gasteiger partial charge in [-0.3, -0.25) is 9.89 Å². The number of nitrogens with one attached hydrogen (secondary N) is 2. The number of halogens is 1. The van der Waals surface area contributed by atoms with Gasteiger partial charge in [0.2, 0.25) is 0 Å². The minimum Gasteiger partial charge on any atom is -0.488 e. The van der Waals surface area contributed by atoms with E-state index in [2.05, 4.69) is 15.5 Å². The lowest BCUT2D eigenvalue weighted by molar-refractivity contribution is 0.0949. The topological polar surface area (TPSA) is 71.9 Å². The molecule has 0 radical (unpaired) electrons. The van der Waals surface area contributed by atoms with Gasteiger partial charge in [0.05, 0.1) is 5.56 Å². The number of H-pyrrole nitrogens is 1. The van der Waals surface area contributed by atoms with Crippen molar-refractivity contribution in [3.63, 3.8) is 0 Å². The van der Waals surface area contributed by atoms with Crippen molar-refractivity contribution in [2.24, 2.45) is 0 Å². The maximum Gasteiger partial charge on any atom is 0.255 e. The standard InChI is InChI=1S/C20H21ClN4O2S/c1-2-25-18(23-24-20(25)28)11-12-22-19(26)16-5-3-4-6-17(16)27-13-14-7-9-15(21)10-8-14/h3-10H,2,11-13H2,1H3,(H,22,26)(H,24,28). The number of aromatic nitrogens is 3. The summed E-state index contributed by atoms with van der Waals surface area (Å²) in [7, 11) is 0. The van der Waals surface area contributed by atoms with Gasteiger partial charge in [-0.25, -0.2) is 0 Å². The molecular formula is C20H21ClN4O2S. The van der Waals surface area contributed by atoms with Crippen LogP contribution in [0.5, 0.6) is 5.75 Å². The second kappa shape index (κ2) is 9.52. The molecule has 0 saturated heterocycles. The third kappa shape index (κ3) is 4.99. The Balaban J connectivity index is 1.60. The summed E-state index contributed by atoms with van der Waals surface area (Å²) >= 11 is 11.1. The van der Waals surface area contributed by atoms with Gasteiger partial charge < -0.3 is 14.6 Å². The maximum absolute atomic E-state index is 12.6. The molecule has 1 heterocycles. The van der Waals surface area contributed by atoms with Crippen LogP contribution >= 0.6 is 23.8 Å². The van der Waals surface area contributed by atoms with Gasteiger partial charge in [-0.2, -0.15) is 5.10 Å². The SMILES string of the molecule is CCn1c(CCNC(=O)c2ccccc2OCc2ccc(Cl)cc2)n[nH]c1=S. The van der Waals surface area contributed by atoms with E-state index in [1.807, 2.05) is 47.9 Å². The van der Waals surface area contributed by atoms with Crippen molar-refractivity contribution in [3.05, 3.63) is 75.3 Å². The molecule has 0 atom stereocenters. The summed E-state index contributed by atoms with van der Waals surface area (Å²) < 4.78 is 8.34. The molecule has 0 saturated carbocycles. The fourth-order valence-electron chi connectivity index (χ4n) is 2.77. The van der Waals surface area contributed by atoms with Crippen LogP contribution in [0.25, 0.3) is 0 Å². The molecule has 3 aromatic rings. The molecule has 28 heavy (non-hydrogen) atoms. The van der Waals surface area contributed by atoms with Gasteiger partial charge in [0.15, 0.2) is 4.77 Å². The predicted octanol–water partition coefficient (Wildman–Crippen LogP) is 4.17. The largest absolute Gasteiger partial charge is 0.488 e. The number of ether oxygens (including phenoxy) is 1. The molecule has 0 aliphatic heterocycles. The highest BCUT2D eigenvalue weighted by molar-refractivity contribution is 7.71. The highest BCUT2D eigenvalue weighted by atomic mass is 35.5. The number of para-hydroxylation sites is 1. The molecule has 1 amide bonds. The van der Waals surface area contributed by atoms with E-state index >= 15 is 0 Å². The van der Waals surface area contributed by atoms with Gasteiger partial charge in [0, 0.05) is 24.5 Å². The van der Waals surface area contributed by atoms with Crippen LogP contribution in [0.1, 0.15) is 28.7 Å². The van der Waals surface area contributed by atoms with Crippen LogP contribution in [0.15, 0.2) is 48.5 Å². The molecule has 6 nitrogen and oxygen atoms in total. The molecule has 0 spiro atoms. The molecule has 8 heteroatoms. The summed E-state index contributed by atoms with van der Waals surface area (Å²) in [6, 6.07) is 14.6. The molecule has 2 aromatic carbocycles. The van der Waals surface area contributed by atoms with E-state index in [1.165, 1.54) is 0 Å². The molecule has 2 N–H and O–H groups in total. The lowest BCUT2D eigenvalue weighted by Crippen LogP contribution is -2.27. The van der Waals surface area contributed by atoms with Crippen molar-refractivity contribution in [2.45, 2.75) is 26.5 Å². The predicted molar refractivity (Wildman–Crippen MR) is 111 cm³/mol. The number of nitrogens with zero attached hydrogens (tertiary/aromatic N) is 2. The number of aromatic amines is 1. The van der Waals surface area contributed by atoms with E-state index in [1.54, 1.807) is 12.1 Å². The lowest BCUT2D eigenvalue weighted by atomic mass is 10.2. The third-order valence-corrected chi connectivity index (χ3v) is 4.79. The molecule has 0 aliphatic carbocycles. The Labute approximate surface area is 173 Å². The van der Waals surface area contributed by atoms with Crippen molar-refractivity contribution < 1.29 is 9.53 Å². The number of hydrogen-bond acceptors (Lipinski definition) is 4. The smallest absolute Gasteiger partial charge is 0.255 e. The molecule has 0 bridgehead atoms. The summed E-state index contributed by atoms with van der Waals surface area (Å²) in [6.07, 6.45) is 0.584. The molecule has 0 aliphatic rings. The zero-order valence-corrected chi connectivity index (χ0v) is 17.0. The molecule has 0 unspecified atom stereocenters. The second-order valence-electron chi connectivity index (χ2n) is 6.11. The zero-order chi connectivity index (χ0) is 19.9. The summed E-state index contributed by atoms with van der Waals surface area (Å²) in [5.41, 5.74) is 1.47. The second-order valence-corrected chi connectivity index (χ2v) is 6.93. The van der Waals surface area contributed by atoms with Crippen molar-refractivity contribution in [1.29, 1.82) is 0 Å². The number of rotatable bonds is 8. The van der Waals surface area contributed by atoms with Gasteiger partial charge in [-0.15, -0.1) is 0 Å². The molecule has 3 rings (SSSR count). The van der Waals surface area contributed by atoms with Crippen LogP contribution in [0.3, 0.4) is 0 Å². The zero-order valence-electron chi connectivity index (χ0n) is 15.4. The molecule has 146 valence electrons. The van der Waals surface area contributed by atoms with E-state index in [9.17, 15) is 4.79 Å². The van der Waals surface area contributed by atoms with Gasteiger partial charge in [0.25, 0.3) is 5.91 Å². The third-order valence-electron chi connectivity index (χ3n) is 4.23. The molecule has 0 fully saturated rings. The quantitative estimate of drug-likeness (QED) is 0.541. The summed E-state index contributed by atoms with van der Waals surface area (Å²) in [5, 5.41) is 10.6. The van der Waals surface area contributed by atoms with E-state index in [0.29, 0.717) is 40.7 Å². The summed E-state index contributed by atoms with van der Waals surface area (Å²) in [6.45, 7) is 3.54. The average molecular weight is 417 g/mol. The Morgan fingerprint density at radius 1 is 1.25 bits per heavy atom. The minimum absolute atomic E-state index is 0.191. The van der Waals surface area contributed by atoms with Gasteiger partial charge in [-0.1, -0.05) is 35.9 Å². The first-order valence-corrected chi connectivity index (χ1v) is 9.75. The van der Waals surface area contributed by atoms with E-state index in [4.69, 9.17) is 28.6 Å². The Morgan fingerprint density at radius 3 is 2.75 bits per heavy atom. The fraction of sp³-hybridized carbons (Fsp3) is 0.250. The van der Waals surface area contributed by atoms with E-state index < -0.39 is 0 Å². The van der Waals surface area contributed by atoms with Gasteiger partial charge in [-0.05, 0) is 49.0 Å². The summed E-state index contributed by atoms with van der Waals surface area (Å²) in [5.74, 6) is 1.16. The average Bonchev–Trinajstić information content (AvgIpc) is 3.07. The van der Waals surface area contributed by atoms with Crippen LogP contribution in [-0.2, 0) is 19.6 Å². The van der Waals surface area contributed by atoms with Gasteiger partial charge in [0.1, 0.15) is 18.2 Å². The van der Waals surface area contributed by atoms with Crippen molar-refractivity contribution in [2.75, 3.05) is 6.54 Å². The molecule has 1 aromatic heterocycles. The molecular weight excluding hydrogens is 396 g/mol. The first kappa shape index (κ1) is 20.1. The number of carbonyl (C=O) groups is 1. The van der Waals surface area contributed by atoms with Crippen LogP contribution in [0.2, 0.25) is 5.02 Å². The fourth-order valence-corrected chi connectivity index (χ4v) is 3.18. The Hall–Kier alpha value is -2.64. The monoisotopic (exact) mass is 416 g/mol. The highest BCUT2D eigenvalue weighted by Crippen LogP contribution is 2.20. The van der Waals surface area contributed by atoms with Crippen LogP contribution in [0.4, 0.5) is 0 Å². The minimum atomic E-state index is -0.191. The number of hydrogen-bond donors (Lipinski definition) is 2. The summed E-state index contributed by atoms with van der Waals surface area (Å²) in [4.78, 5) is 12.6. The van der Waals surface area contributed by atoms with Gasteiger partial charge >= 0.3 is 0 Å². The highest BCUT2D eigenvalue weighted by Gasteiger charge is 2.13. The van der Waals surface area contributed by atoms with E-state index in [-0.39, 0.29) is 5.91 Å². The number of carbonyl (C=O) groups excluding carboxylic acids is 1. The van der Waals surface area contributed by atoms with Crippen molar-refractivity contribution >= 4 is 29.7 Å². The maximum atomic E-state index is 12.6. The van der Waals surface area contributed by atoms with Crippen LogP contribution in [0, 0.1) is 4.77 Å². The normalized spacial score (nSPS) is 10.6. The first-order valence-electron chi connectivity index (χ1n) is 8.97. The van der Waals surface area contributed by atoms with E-state index in [0.717, 1.165) is 17.9 Å². The number of benzene rings is 2. The van der Waals surface area contributed by atoms with Crippen LogP contribution < -0.4 is 10.1 Å². The van der Waals surface area contributed by atoms with Crippen molar-refractivity contribution in [1.82, 2.24) is 20.1 Å². The Bertz CT molecular complexity index is 998. The first-order chi connectivity index (χ1) is 13.6. The Morgan fingerprint density at radius 2 is 2.00 bits per heavy atom. The lowest BCUT2D eigenvalue weighted by Gasteiger charge is -2.12.